The second-order valence-corrected chi connectivity index (χ2v) is 2.37. The summed E-state index contributed by atoms with van der Waals surface area (Å²) in [5.74, 6) is -2.00. The van der Waals surface area contributed by atoms with Crippen molar-refractivity contribution < 1.29 is 19.0 Å². The van der Waals surface area contributed by atoms with Crippen LogP contribution in [0.5, 0.6) is 0 Å². The first-order valence-electron chi connectivity index (χ1n) is 3.39. The van der Waals surface area contributed by atoms with Gasteiger partial charge in [0, 0.05) is 0 Å². The van der Waals surface area contributed by atoms with Gasteiger partial charge in [-0.3, -0.25) is 0 Å². The van der Waals surface area contributed by atoms with E-state index in [1.54, 1.807) is 0 Å². The first-order valence-corrected chi connectivity index (χ1v) is 3.39. The Morgan fingerprint density at radius 3 is 2.42 bits per heavy atom. The molecule has 0 aromatic heterocycles. The zero-order valence-electron chi connectivity index (χ0n) is 6.17. The summed E-state index contributed by atoms with van der Waals surface area (Å²) in [5.41, 5.74) is 0.163. The fourth-order valence-electron chi connectivity index (χ4n) is 0.825. The molecule has 0 saturated carbocycles. The molecule has 0 bridgehead atoms. The lowest BCUT2D eigenvalue weighted by Gasteiger charge is -2.06. The molecule has 1 aromatic carbocycles. The Hall–Kier alpha value is -1.00. The number of benzene rings is 1. The van der Waals surface area contributed by atoms with Crippen molar-refractivity contribution in [1.82, 2.24) is 0 Å². The molecule has 12 heavy (non-hydrogen) atoms. The maximum absolute atomic E-state index is 12.5. The van der Waals surface area contributed by atoms with Crippen LogP contribution in [0.3, 0.4) is 0 Å². The number of aliphatic hydroxyl groups excluding tert-OH is 2. The van der Waals surface area contributed by atoms with Crippen molar-refractivity contribution in [3.8, 4) is 0 Å². The van der Waals surface area contributed by atoms with Crippen molar-refractivity contribution in [2.45, 2.75) is 6.10 Å². The highest BCUT2D eigenvalue weighted by Gasteiger charge is 2.08. The first kappa shape index (κ1) is 9.09. The van der Waals surface area contributed by atoms with Crippen molar-refractivity contribution in [3.05, 3.63) is 35.4 Å². The molecule has 66 valence electrons. The van der Waals surface area contributed by atoms with Crippen LogP contribution in [-0.2, 0) is 0 Å². The highest BCUT2D eigenvalue weighted by Crippen LogP contribution is 2.15. The summed E-state index contributed by atoms with van der Waals surface area (Å²) in [7, 11) is 0. The van der Waals surface area contributed by atoms with Crippen molar-refractivity contribution in [1.29, 1.82) is 0 Å². The Bertz CT molecular complexity index is 276. The normalized spacial score (nSPS) is 13.0. The van der Waals surface area contributed by atoms with Crippen LogP contribution < -0.4 is 0 Å². The van der Waals surface area contributed by atoms with Crippen LogP contribution in [-0.4, -0.2) is 16.8 Å². The van der Waals surface area contributed by atoms with E-state index in [2.05, 4.69) is 0 Å². The SMILES string of the molecule is OC[C@H](O)c1ccc(F)c(F)c1. The van der Waals surface area contributed by atoms with Gasteiger partial charge in [-0.05, 0) is 17.7 Å². The van der Waals surface area contributed by atoms with E-state index in [4.69, 9.17) is 10.2 Å². The summed E-state index contributed by atoms with van der Waals surface area (Å²) in [6.45, 7) is -0.509. The van der Waals surface area contributed by atoms with Crippen LogP contribution in [0.15, 0.2) is 18.2 Å². The fraction of sp³-hybridized carbons (Fsp3) is 0.250. The lowest BCUT2D eigenvalue weighted by atomic mass is 10.1. The summed E-state index contributed by atoms with van der Waals surface area (Å²) >= 11 is 0. The minimum atomic E-state index is -1.15. The van der Waals surface area contributed by atoms with E-state index in [0.29, 0.717) is 0 Å². The minimum Gasteiger partial charge on any atom is -0.393 e. The van der Waals surface area contributed by atoms with Gasteiger partial charge in [0.2, 0.25) is 0 Å². The molecule has 1 rings (SSSR count). The average Bonchev–Trinajstić information content (AvgIpc) is 2.08. The van der Waals surface area contributed by atoms with Gasteiger partial charge in [-0.15, -0.1) is 0 Å². The van der Waals surface area contributed by atoms with Crippen molar-refractivity contribution in [2.75, 3.05) is 6.61 Å². The molecule has 4 heteroatoms. The zero-order valence-corrected chi connectivity index (χ0v) is 6.17. The summed E-state index contributed by atoms with van der Waals surface area (Å²) in [6, 6.07) is 2.99. The molecule has 2 nitrogen and oxygen atoms in total. The topological polar surface area (TPSA) is 40.5 Å². The maximum atomic E-state index is 12.5. The summed E-state index contributed by atoms with van der Waals surface area (Å²) in [6.07, 6.45) is -1.15. The Morgan fingerprint density at radius 1 is 1.25 bits per heavy atom. The summed E-state index contributed by atoms with van der Waals surface area (Å²) < 4.78 is 24.9. The third kappa shape index (κ3) is 1.78. The number of aliphatic hydroxyl groups is 2. The second kappa shape index (κ2) is 3.60. The molecule has 0 spiro atoms. The molecule has 0 aliphatic rings. The predicted octanol–water partition coefficient (Wildman–Crippen LogP) is 0.990. The largest absolute Gasteiger partial charge is 0.393 e. The van der Waals surface area contributed by atoms with Gasteiger partial charge >= 0.3 is 0 Å². The van der Waals surface area contributed by atoms with E-state index in [1.165, 1.54) is 6.07 Å². The van der Waals surface area contributed by atoms with Gasteiger partial charge in [0.1, 0.15) is 6.10 Å². The van der Waals surface area contributed by atoms with Crippen molar-refractivity contribution >= 4 is 0 Å². The standard InChI is InChI=1S/C8H8F2O2/c9-6-2-1-5(3-7(6)10)8(12)4-11/h1-3,8,11-12H,4H2/t8-/m0/s1. The van der Waals surface area contributed by atoms with Crippen molar-refractivity contribution in [3.63, 3.8) is 0 Å². The minimum absolute atomic E-state index is 0.163. The molecule has 0 aliphatic carbocycles. The van der Waals surface area contributed by atoms with Crippen molar-refractivity contribution in [2.24, 2.45) is 0 Å². The van der Waals surface area contributed by atoms with E-state index >= 15 is 0 Å². The highest BCUT2D eigenvalue weighted by atomic mass is 19.2. The molecule has 0 unspecified atom stereocenters. The van der Waals surface area contributed by atoms with Crippen LogP contribution in [0.2, 0.25) is 0 Å². The number of rotatable bonds is 2. The molecule has 2 N–H and O–H groups in total. The van der Waals surface area contributed by atoms with Crippen LogP contribution in [0.4, 0.5) is 8.78 Å². The third-order valence-electron chi connectivity index (χ3n) is 1.50. The van der Waals surface area contributed by atoms with Gasteiger partial charge in [-0.2, -0.15) is 0 Å². The summed E-state index contributed by atoms with van der Waals surface area (Å²) in [4.78, 5) is 0. The van der Waals surface area contributed by atoms with Crippen LogP contribution in [0, 0.1) is 11.6 Å². The van der Waals surface area contributed by atoms with E-state index in [1.807, 2.05) is 0 Å². The predicted molar refractivity (Wildman–Crippen MR) is 38.4 cm³/mol. The molecule has 0 fully saturated rings. The van der Waals surface area contributed by atoms with Gasteiger partial charge in [-0.1, -0.05) is 6.07 Å². The third-order valence-corrected chi connectivity index (χ3v) is 1.50. The lowest BCUT2D eigenvalue weighted by molar-refractivity contribution is 0.0952. The summed E-state index contributed by atoms with van der Waals surface area (Å²) in [5, 5.41) is 17.5. The highest BCUT2D eigenvalue weighted by molar-refractivity contribution is 5.19. The lowest BCUT2D eigenvalue weighted by Crippen LogP contribution is -2.03. The van der Waals surface area contributed by atoms with Crippen LogP contribution >= 0.6 is 0 Å². The fourth-order valence-corrected chi connectivity index (χ4v) is 0.825. The van der Waals surface area contributed by atoms with Gasteiger partial charge < -0.3 is 10.2 Å². The molecule has 0 heterocycles. The van der Waals surface area contributed by atoms with Gasteiger partial charge in [-0.25, -0.2) is 8.78 Å². The molecule has 0 aliphatic heterocycles. The Labute approximate surface area is 68.1 Å². The quantitative estimate of drug-likeness (QED) is 0.701. The molecule has 1 atom stereocenters. The van der Waals surface area contributed by atoms with Gasteiger partial charge in [0.15, 0.2) is 11.6 Å². The molecule has 0 saturated heterocycles. The Morgan fingerprint density at radius 2 is 1.92 bits per heavy atom. The number of hydrogen-bond acceptors (Lipinski definition) is 2. The van der Waals surface area contributed by atoms with Gasteiger partial charge in [0.25, 0.3) is 0 Å². The smallest absolute Gasteiger partial charge is 0.159 e. The van der Waals surface area contributed by atoms with E-state index in [0.717, 1.165) is 12.1 Å². The van der Waals surface area contributed by atoms with E-state index < -0.39 is 24.3 Å². The molecular formula is C8H8F2O2. The Kier molecular flexibility index (Phi) is 2.73. The molecule has 1 aromatic rings. The monoisotopic (exact) mass is 174 g/mol. The molecular weight excluding hydrogens is 166 g/mol. The number of halogens is 2. The first-order chi connectivity index (χ1) is 5.65. The zero-order chi connectivity index (χ0) is 9.14. The van der Waals surface area contributed by atoms with E-state index in [-0.39, 0.29) is 5.56 Å². The van der Waals surface area contributed by atoms with Crippen LogP contribution in [0.25, 0.3) is 0 Å². The average molecular weight is 174 g/mol. The van der Waals surface area contributed by atoms with Crippen LogP contribution in [0.1, 0.15) is 11.7 Å². The van der Waals surface area contributed by atoms with E-state index in [9.17, 15) is 8.78 Å². The Balaban J connectivity index is 2.96. The maximum Gasteiger partial charge on any atom is 0.159 e. The van der Waals surface area contributed by atoms with Gasteiger partial charge in [0.05, 0.1) is 6.61 Å². The number of hydrogen-bond donors (Lipinski definition) is 2. The second-order valence-electron chi connectivity index (χ2n) is 2.37. The molecule has 0 amide bonds. The molecule has 0 radical (unpaired) electrons.